The average Bonchev–Trinajstić information content (AvgIpc) is 2.49. The van der Waals surface area contributed by atoms with Gasteiger partial charge in [-0.25, -0.2) is 0 Å². The van der Waals surface area contributed by atoms with Gasteiger partial charge in [0, 0.05) is 13.1 Å². The molecule has 1 nitrogen and oxygen atoms in total. The molecule has 2 aromatic rings. The van der Waals surface area contributed by atoms with Gasteiger partial charge in [0.1, 0.15) is 0 Å². The summed E-state index contributed by atoms with van der Waals surface area (Å²) >= 11 is 0. The van der Waals surface area contributed by atoms with Crippen LogP contribution >= 0.6 is 0 Å². The van der Waals surface area contributed by atoms with Crippen LogP contribution in [0, 0.1) is 0 Å². The Morgan fingerprint density at radius 2 is 1.58 bits per heavy atom. The van der Waals surface area contributed by atoms with E-state index >= 15 is 0 Å². The van der Waals surface area contributed by atoms with Crippen molar-refractivity contribution < 1.29 is 0 Å². The van der Waals surface area contributed by atoms with Crippen LogP contribution in [0.5, 0.6) is 0 Å². The number of hydrogen-bond donors (Lipinski definition) is 0. The van der Waals surface area contributed by atoms with Gasteiger partial charge >= 0.3 is 0 Å². The predicted molar refractivity (Wildman–Crippen MR) is 80.1 cm³/mol. The molecule has 0 N–H and O–H groups in total. The Hall–Kier alpha value is -1.60. The zero-order valence-electron chi connectivity index (χ0n) is 11.3. The summed E-state index contributed by atoms with van der Waals surface area (Å²) in [5.74, 6) is 0.707. The first-order chi connectivity index (χ1) is 9.42. The first kappa shape index (κ1) is 12.4. The molecular weight excluding hydrogens is 230 g/mol. The van der Waals surface area contributed by atoms with Crippen molar-refractivity contribution in [3.05, 3.63) is 71.8 Å². The summed E-state index contributed by atoms with van der Waals surface area (Å²) < 4.78 is 0. The van der Waals surface area contributed by atoms with Gasteiger partial charge < -0.3 is 0 Å². The Bertz CT molecular complexity index is 492. The summed E-state index contributed by atoms with van der Waals surface area (Å²) in [6.45, 7) is 3.52. The van der Waals surface area contributed by atoms with Crippen LogP contribution in [0.1, 0.15) is 29.9 Å². The van der Waals surface area contributed by atoms with Crippen LogP contribution in [0.4, 0.5) is 0 Å². The van der Waals surface area contributed by atoms with Gasteiger partial charge in [-0.3, -0.25) is 4.90 Å². The SMILES string of the molecule is c1ccc(CN2CCCC(c3ccccc3)C2)cc1. The zero-order chi connectivity index (χ0) is 12.9. The molecule has 1 heteroatoms. The second-order valence-corrected chi connectivity index (χ2v) is 5.47. The highest BCUT2D eigenvalue weighted by Crippen LogP contribution is 2.27. The van der Waals surface area contributed by atoms with Crippen molar-refractivity contribution in [2.24, 2.45) is 0 Å². The molecule has 19 heavy (non-hydrogen) atoms. The predicted octanol–water partition coefficient (Wildman–Crippen LogP) is 4.07. The minimum absolute atomic E-state index is 0.707. The highest BCUT2D eigenvalue weighted by atomic mass is 15.1. The summed E-state index contributed by atoms with van der Waals surface area (Å²) in [6, 6.07) is 21.8. The van der Waals surface area contributed by atoms with E-state index < -0.39 is 0 Å². The maximum absolute atomic E-state index is 2.59. The van der Waals surface area contributed by atoms with Crippen LogP contribution in [0.2, 0.25) is 0 Å². The molecule has 98 valence electrons. The average molecular weight is 251 g/mol. The topological polar surface area (TPSA) is 3.24 Å². The minimum Gasteiger partial charge on any atom is -0.298 e. The molecule has 2 aromatic carbocycles. The van der Waals surface area contributed by atoms with Crippen LogP contribution < -0.4 is 0 Å². The van der Waals surface area contributed by atoms with Gasteiger partial charge in [0.15, 0.2) is 0 Å². The van der Waals surface area contributed by atoms with E-state index in [-0.39, 0.29) is 0 Å². The van der Waals surface area contributed by atoms with Crippen LogP contribution in [0.25, 0.3) is 0 Å². The van der Waals surface area contributed by atoms with Crippen molar-refractivity contribution in [2.75, 3.05) is 13.1 Å². The second kappa shape index (κ2) is 6.03. The van der Waals surface area contributed by atoms with E-state index in [1.165, 1.54) is 37.1 Å². The van der Waals surface area contributed by atoms with E-state index in [4.69, 9.17) is 0 Å². The quantitative estimate of drug-likeness (QED) is 0.795. The van der Waals surface area contributed by atoms with E-state index in [1.54, 1.807) is 0 Å². The lowest BCUT2D eigenvalue weighted by molar-refractivity contribution is 0.200. The van der Waals surface area contributed by atoms with Crippen molar-refractivity contribution in [3.8, 4) is 0 Å². The van der Waals surface area contributed by atoms with E-state index in [1.807, 2.05) is 0 Å². The number of rotatable bonds is 3. The van der Waals surface area contributed by atoms with Crippen LogP contribution in [-0.2, 0) is 6.54 Å². The molecule has 1 heterocycles. The smallest absolute Gasteiger partial charge is 0.0233 e. The number of likely N-dealkylation sites (tertiary alicyclic amines) is 1. The summed E-state index contributed by atoms with van der Waals surface area (Å²) in [6.07, 6.45) is 2.64. The van der Waals surface area contributed by atoms with Crippen LogP contribution in [-0.4, -0.2) is 18.0 Å². The lowest BCUT2D eigenvalue weighted by Crippen LogP contribution is -2.33. The number of benzene rings is 2. The summed E-state index contributed by atoms with van der Waals surface area (Å²) in [7, 11) is 0. The van der Waals surface area contributed by atoms with Crippen LogP contribution in [0.3, 0.4) is 0 Å². The van der Waals surface area contributed by atoms with Crippen LogP contribution in [0.15, 0.2) is 60.7 Å². The van der Waals surface area contributed by atoms with E-state index in [0.717, 1.165) is 6.54 Å². The molecule has 0 radical (unpaired) electrons. The zero-order valence-corrected chi connectivity index (χ0v) is 11.3. The van der Waals surface area contributed by atoms with Gasteiger partial charge in [-0.05, 0) is 36.4 Å². The number of piperidine rings is 1. The molecule has 0 amide bonds. The lowest BCUT2D eigenvalue weighted by atomic mass is 9.90. The highest BCUT2D eigenvalue weighted by Gasteiger charge is 2.20. The molecule has 1 atom stereocenters. The van der Waals surface area contributed by atoms with E-state index in [9.17, 15) is 0 Å². The Morgan fingerprint density at radius 1 is 0.895 bits per heavy atom. The van der Waals surface area contributed by atoms with Crippen molar-refractivity contribution >= 4 is 0 Å². The van der Waals surface area contributed by atoms with Crippen molar-refractivity contribution in [3.63, 3.8) is 0 Å². The molecule has 0 saturated carbocycles. The Labute approximate surface area is 115 Å². The first-order valence-corrected chi connectivity index (χ1v) is 7.23. The monoisotopic (exact) mass is 251 g/mol. The second-order valence-electron chi connectivity index (χ2n) is 5.47. The van der Waals surface area contributed by atoms with Gasteiger partial charge in [0.05, 0.1) is 0 Å². The molecule has 1 unspecified atom stereocenters. The van der Waals surface area contributed by atoms with Gasteiger partial charge in [-0.15, -0.1) is 0 Å². The molecule has 0 bridgehead atoms. The summed E-state index contributed by atoms with van der Waals surface area (Å²) in [5, 5.41) is 0. The molecular formula is C18H21N. The molecule has 0 spiro atoms. The summed E-state index contributed by atoms with van der Waals surface area (Å²) in [5.41, 5.74) is 2.93. The van der Waals surface area contributed by atoms with E-state index in [0.29, 0.717) is 5.92 Å². The van der Waals surface area contributed by atoms with Gasteiger partial charge in [-0.1, -0.05) is 60.7 Å². The lowest BCUT2D eigenvalue weighted by Gasteiger charge is -2.33. The fourth-order valence-electron chi connectivity index (χ4n) is 3.04. The minimum atomic E-state index is 0.707. The molecule has 1 fully saturated rings. The maximum Gasteiger partial charge on any atom is 0.0233 e. The van der Waals surface area contributed by atoms with Crippen molar-refractivity contribution in [1.29, 1.82) is 0 Å². The molecule has 3 rings (SSSR count). The Kier molecular flexibility index (Phi) is 3.95. The fourth-order valence-corrected chi connectivity index (χ4v) is 3.04. The van der Waals surface area contributed by atoms with Crippen molar-refractivity contribution in [2.45, 2.75) is 25.3 Å². The standard InChI is InChI=1S/C18H21N/c1-3-8-16(9-4-1)14-19-13-7-12-18(15-19)17-10-5-2-6-11-17/h1-6,8-11,18H,7,12-15H2. The highest BCUT2D eigenvalue weighted by molar-refractivity contribution is 5.21. The normalized spacial score (nSPS) is 20.3. The van der Waals surface area contributed by atoms with Gasteiger partial charge in [0.2, 0.25) is 0 Å². The molecule has 0 aliphatic carbocycles. The molecule has 1 aliphatic rings. The third-order valence-electron chi connectivity index (χ3n) is 4.03. The third kappa shape index (κ3) is 3.24. The fraction of sp³-hybridized carbons (Fsp3) is 0.333. The maximum atomic E-state index is 2.59. The molecule has 1 saturated heterocycles. The molecule has 1 aliphatic heterocycles. The Morgan fingerprint density at radius 3 is 2.32 bits per heavy atom. The van der Waals surface area contributed by atoms with E-state index in [2.05, 4.69) is 65.6 Å². The van der Waals surface area contributed by atoms with Gasteiger partial charge in [0.25, 0.3) is 0 Å². The number of hydrogen-bond acceptors (Lipinski definition) is 1. The Balaban J connectivity index is 1.65. The summed E-state index contributed by atoms with van der Waals surface area (Å²) in [4.78, 5) is 2.59. The number of nitrogens with zero attached hydrogens (tertiary/aromatic N) is 1. The third-order valence-corrected chi connectivity index (χ3v) is 4.03. The first-order valence-electron chi connectivity index (χ1n) is 7.23. The van der Waals surface area contributed by atoms with Gasteiger partial charge in [-0.2, -0.15) is 0 Å². The largest absolute Gasteiger partial charge is 0.298 e. The van der Waals surface area contributed by atoms with Crippen molar-refractivity contribution in [1.82, 2.24) is 4.90 Å². The molecule has 0 aromatic heterocycles.